The third-order valence-corrected chi connectivity index (χ3v) is 5.89. The van der Waals surface area contributed by atoms with Crippen LogP contribution in [0.5, 0.6) is 23.0 Å². The third kappa shape index (κ3) is 2.42. The maximum Gasteiger partial charge on any atom is 0.160 e. The van der Waals surface area contributed by atoms with Crippen LogP contribution in [-0.4, -0.2) is 42.5 Å². The number of rotatable bonds is 2. The van der Waals surface area contributed by atoms with Gasteiger partial charge in [-0.3, -0.25) is 0 Å². The van der Waals surface area contributed by atoms with Crippen LogP contribution in [0.25, 0.3) is 0 Å². The highest BCUT2D eigenvalue weighted by Crippen LogP contribution is 2.47. The monoisotopic (exact) mass is 342 g/mol. The molecule has 0 aromatic heterocycles. The Morgan fingerprint density at radius 1 is 0.920 bits per heavy atom. The number of likely N-dealkylation sites (N-methyl/N-ethyl adjacent to an activating group) is 1. The van der Waals surface area contributed by atoms with Crippen LogP contribution in [0.15, 0.2) is 24.3 Å². The molecular weight excluding hydrogens is 318 g/mol. The molecule has 2 aliphatic rings. The van der Waals surface area contributed by atoms with Gasteiger partial charge in [-0.2, -0.15) is 0 Å². The number of fused-ring (bicyclic) bond motifs is 4. The Morgan fingerprint density at radius 2 is 1.56 bits per heavy atom. The van der Waals surface area contributed by atoms with Crippen LogP contribution in [0, 0.1) is 0 Å². The molecule has 132 valence electrons. The molecule has 0 saturated heterocycles. The standard InChI is InChI=1S/C20H23NO4/c1-21-5-4-12-8-19(24-2)18(23)10-15(12)16(21)6-13-7-17(22)20(25-3)9-14(13)11-21/h7-10,16H,4-6,11H2,1-3H3,(H-,22,23)/p+1/t16-,21+/m0/s1. The average molecular weight is 342 g/mol. The van der Waals surface area contributed by atoms with E-state index in [2.05, 4.69) is 7.05 Å². The van der Waals surface area contributed by atoms with Crippen molar-refractivity contribution in [3.63, 3.8) is 0 Å². The first-order valence-corrected chi connectivity index (χ1v) is 8.58. The van der Waals surface area contributed by atoms with Crippen molar-refractivity contribution in [3.05, 3.63) is 46.5 Å². The fourth-order valence-electron chi connectivity index (χ4n) is 4.46. The van der Waals surface area contributed by atoms with E-state index in [9.17, 15) is 10.2 Å². The van der Waals surface area contributed by atoms with E-state index in [0.29, 0.717) is 11.5 Å². The molecule has 4 rings (SSSR count). The molecule has 0 saturated carbocycles. The van der Waals surface area contributed by atoms with Crippen molar-refractivity contribution >= 4 is 0 Å². The Labute approximate surface area is 147 Å². The molecule has 0 fully saturated rings. The van der Waals surface area contributed by atoms with E-state index in [0.717, 1.165) is 36.0 Å². The highest BCUT2D eigenvalue weighted by Gasteiger charge is 2.43. The summed E-state index contributed by atoms with van der Waals surface area (Å²) in [5.74, 6) is 1.45. The first kappa shape index (κ1) is 16.1. The molecule has 2 aromatic rings. The van der Waals surface area contributed by atoms with Crippen LogP contribution in [0.3, 0.4) is 0 Å². The molecule has 0 spiro atoms. The molecule has 5 heteroatoms. The normalized spacial score (nSPS) is 24.0. The third-order valence-electron chi connectivity index (χ3n) is 5.89. The van der Waals surface area contributed by atoms with Gasteiger partial charge < -0.3 is 24.2 Å². The molecule has 2 N–H and O–H groups in total. The van der Waals surface area contributed by atoms with Crippen molar-refractivity contribution in [2.75, 3.05) is 27.8 Å². The minimum Gasteiger partial charge on any atom is -0.504 e. The van der Waals surface area contributed by atoms with Gasteiger partial charge in [0.1, 0.15) is 12.6 Å². The van der Waals surface area contributed by atoms with Crippen molar-refractivity contribution < 1.29 is 24.2 Å². The quantitative estimate of drug-likeness (QED) is 0.824. The lowest BCUT2D eigenvalue weighted by Crippen LogP contribution is -2.53. The lowest BCUT2D eigenvalue weighted by Gasteiger charge is -2.49. The van der Waals surface area contributed by atoms with Gasteiger partial charge in [-0.25, -0.2) is 0 Å². The first-order valence-electron chi connectivity index (χ1n) is 8.58. The lowest BCUT2D eigenvalue weighted by atomic mass is 9.81. The Hall–Kier alpha value is -2.40. The van der Waals surface area contributed by atoms with Crippen molar-refractivity contribution in [1.82, 2.24) is 0 Å². The summed E-state index contributed by atoms with van der Waals surface area (Å²) in [4.78, 5) is 0. The summed E-state index contributed by atoms with van der Waals surface area (Å²) >= 11 is 0. The van der Waals surface area contributed by atoms with Gasteiger partial charge in [0, 0.05) is 24.0 Å². The van der Waals surface area contributed by atoms with E-state index in [4.69, 9.17) is 9.47 Å². The van der Waals surface area contributed by atoms with Crippen LogP contribution in [-0.2, 0) is 19.4 Å². The molecule has 2 atom stereocenters. The minimum absolute atomic E-state index is 0.186. The van der Waals surface area contributed by atoms with Crippen LogP contribution in [0.4, 0.5) is 0 Å². The van der Waals surface area contributed by atoms with Gasteiger partial charge in [0.25, 0.3) is 0 Å². The van der Waals surface area contributed by atoms with Gasteiger partial charge in [-0.05, 0) is 35.4 Å². The summed E-state index contributed by atoms with van der Waals surface area (Å²) in [7, 11) is 5.44. The predicted octanol–water partition coefficient (Wildman–Crippen LogP) is 2.92. The minimum atomic E-state index is 0.186. The Kier molecular flexibility index (Phi) is 3.58. The number of quaternary nitrogens is 1. The summed E-state index contributed by atoms with van der Waals surface area (Å²) < 4.78 is 11.4. The average Bonchev–Trinajstić information content (AvgIpc) is 2.59. The first-order chi connectivity index (χ1) is 11.9. The number of aromatic hydroxyl groups is 2. The van der Waals surface area contributed by atoms with Gasteiger partial charge in [0.15, 0.2) is 23.0 Å². The number of hydrogen-bond donors (Lipinski definition) is 2. The molecule has 2 heterocycles. The Bertz CT molecular complexity index is 848. The van der Waals surface area contributed by atoms with E-state index in [1.165, 1.54) is 16.7 Å². The van der Waals surface area contributed by atoms with E-state index in [1.54, 1.807) is 14.2 Å². The summed E-state index contributed by atoms with van der Waals surface area (Å²) in [6, 6.07) is 7.89. The Morgan fingerprint density at radius 3 is 2.24 bits per heavy atom. The van der Waals surface area contributed by atoms with E-state index < -0.39 is 0 Å². The number of nitrogens with zero attached hydrogens (tertiary/aromatic N) is 1. The molecule has 2 aliphatic heterocycles. The van der Waals surface area contributed by atoms with Crippen LogP contribution < -0.4 is 9.47 Å². The SMILES string of the molecule is COc1cc2c(cc1O)C[C@H]1c3cc(O)c(OC)cc3CC[N@+]1(C)C2. The van der Waals surface area contributed by atoms with E-state index in [-0.39, 0.29) is 17.5 Å². The van der Waals surface area contributed by atoms with Gasteiger partial charge in [0.2, 0.25) is 0 Å². The molecule has 25 heavy (non-hydrogen) atoms. The largest absolute Gasteiger partial charge is 0.504 e. The van der Waals surface area contributed by atoms with E-state index in [1.807, 2.05) is 24.3 Å². The van der Waals surface area contributed by atoms with Crippen LogP contribution in [0.2, 0.25) is 0 Å². The molecule has 5 nitrogen and oxygen atoms in total. The van der Waals surface area contributed by atoms with E-state index >= 15 is 0 Å². The van der Waals surface area contributed by atoms with Crippen molar-refractivity contribution in [3.8, 4) is 23.0 Å². The number of phenolic OH excluding ortho intramolecular Hbond substituents is 2. The van der Waals surface area contributed by atoms with Gasteiger partial charge >= 0.3 is 0 Å². The summed E-state index contributed by atoms with van der Waals surface area (Å²) in [6.45, 7) is 1.93. The number of methoxy groups -OCH3 is 2. The molecule has 0 radical (unpaired) electrons. The molecular formula is C20H24NO4+. The molecule has 0 aliphatic carbocycles. The molecule has 0 unspecified atom stereocenters. The smallest absolute Gasteiger partial charge is 0.160 e. The highest BCUT2D eigenvalue weighted by atomic mass is 16.5. The maximum atomic E-state index is 10.3. The number of phenols is 2. The van der Waals surface area contributed by atoms with Gasteiger partial charge in [-0.1, -0.05) is 0 Å². The van der Waals surface area contributed by atoms with Crippen molar-refractivity contribution in [2.45, 2.75) is 25.4 Å². The van der Waals surface area contributed by atoms with Crippen molar-refractivity contribution in [1.29, 1.82) is 0 Å². The maximum absolute atomic E-state index is 10.3. The fourth-order valence-corrected chi connectivity index (χ4v) is 4.46. The van der Waals surface area contributed by atoms with Crippen molar-refractivity contribution in [2.24, 2.45) is 0 Å². The lowest BCUT2D eigenvalue weighted by molar-refractivity contribution is -0.956. The fraction of sp³-hybridized carbons (Fsp3) is 0.400. The second kappa shape index (κ2) is 5.56. The number of benzene rings is 2. The summed E-state index contributed by atoms with van der Waals surface area (Å²) in [6.07, 6.45) is 1.80. The topological polar surface area (TPSA) is 58.9 Å². The zero-order valence-electron chi connectivity index (χ0n) is 14.9. The van der Waals surface area contributed by atoms with Crippen LogP contribution >= 0.6 is 0 Å². The highest BCUT2D eigenvalue weighted by molar-refractivity contribution is 5.51. The van der Waals surface area contributed by atoms with Gasteiger partial charge in [-0.15, -0.1) is 0 Å². The number of hydrogen-bond acceptors (Lipinski definition) is 4. The zero-order valence-corrected chi connectivity index (χ0v) is 14.9. The second-order valence-corrected chi connectivity index (χ2v) is 7.35. The van der Waals surface area contributed by atoms with Gasteiger partial charge in [0.05, 0.1) is 27.8 Å². The summed E-state index contributed by atoms with van der Waals surface area (Å²) in [5, 5.41) is 20.4. The molecule has 0 bridgehead atoms. The summed E-state index contributed by atoms with van der Waals surface area (Å²) in [5.41, 5.74) is 4.82. The second-order valence-electron chi connectivity index (χ2n) is 7.35. The Balaban J connectivity index is 1.81. The number of ether oxygens (including phenoxy) is 2. The molecule has 0 amide bonds. The van der Waals surface area contributed by atoms with Crippen LogP contribution in [0.1, 0.15) is 28.3 Å². The predicted molar refractivity (Wildman–Crippen MR) is 94.2 cm³/mol. The molecule has 2 aromatic carbocycles. The zero-order chi connectivity index (χ0) is 17.8.